The lowest BCUT2D eigenvalue weighted by Gasteiger charge is -2.24. The molecule has 2 aromatic rings. The molecule has 3 rings (SSSR count). The summed E-state index contributed by atoms with van der Waals surface area (Å²) in [5.74, 6) is 0.551. The summed E-state index contributed by atoms with van der Waals surface area (Å²) in [6.07, 6.45) is 4.84. The molecule has 0 aliphatic heterocycles. The van der Waals surface area contributed by atoms with Gasteiger partial charge in [-0.2, -0.15) is 5.10 Å². The molecular weight excluding hydrogens is 326 g/mol. The number of carbonyl (C=O) groups excluding carboxylic acids is 1. The van der Waals surface area contributed by atoms with E-state index >= 15 is 0 Å². The third kappa shape index (κ3) is 4.03. The fourth-order valence-electron chi connectivity index (χ4n) is 3.39. The zero-order chi connectivity index (χ0) is 16.9. The average molecular weight is 346 g/mol. The van der Waals surface area contributed by atoms with E-state index < -0.39 is 0 Å². The minimum absolute atomic E-state index is 0.218. The van der Waals surface area contributed by atoms with Gasteiger partial charge in [0.1, 0.15) is 5.69 Å². The highest BCUT2D eigenvalue weighted by molar-refractivity contribution is 6.30. The predicted octanol–water partition coefficient (Wildman–Crippen LogP) is 3.13. The maximum Gasteiger partial charge on any atom is 0.271 e. The van der Waals surface area contributed by atoms with Gasteiger partial charge in [0.2, 0.25) is 0 Å². The van der Waals surface area contributed by atoms with Crippen LogP contribution in [0.15, 0.2) is 41.2 Å². The minimum atomic E-state index is -0.323. The minimum Gasteiger partial charge on any atom is -0.350 e. The SMILES string of the molecule is O=C(NCC(c1ccc(Cl)cc1)C1CCCC1)c1ccc(=O)[nH]n1. The van der Waals surface area contributed by atoms with Gasteiger partial charge in [0.05, 0.1) is 0 Å². The van der Waals surface area contributed by atoms with Gasteiger partial charge in [-0.1, -0.05) is 36.6 Å². The average Bonchev–Trinajstić information content (AvgIpc) is 3.11. The number of aromatic amines is 1. The zero-order valence-electron chi connectivity index (χ0n) is 13.3. The number of nitrogens with one attached hydrogen (secondary N) is 2. The first-order valence-electron chi connectivity index (χ1n) is 8.23. The second-order valence-corrected chi connectivity index (χ2v) is 6.66. The number of nitrogens with zero attached hydrogens (tertiary/aromatic N) is 1. The molecule has 1 heterocycles. The number of carbonyl (C=O) groups is 1. The molecule has 1 aliphatic carbocycles. The molecule has 24 heavy (non-hydrogen) atoms. The Morgan fingerprint density at radius 2 is 1.92 bits per heavy atom. The van der Waals surface area contributed by atoms with E-state index in [1.807, 2.05) is 24.3 Å². The molecule has 1 atom stereocenters. The van der Waals surface area contributed by atoms with Crippen molar-refractivity contribution in [3.05, 3.63) is 63.0 Å². The van der Waals surface area contributed by atoms with Gasteiger partial charge in [-0.15, -0.1) is 0 Å². The van der Waals surface area contributed by atoms with E-state index in [4.69, 9.17) is 11.6 Å². The normalized spacial score (nSPS) is 16.0. The summed E-state index contributed by atoms with van der Waals surface area (Å²) < 4.78 is 0. The first-order chi connectivity index (χ1) is 11.6. The molecule has 0 bridgehead atoms. The summed E-state index contributed by atoms with van der Waals surface area (Å²) >= 11 is 5.99. The molecule has 1 aromatic heterocycles. The topological polar surface area (TPSA) is 74.8 Å². The first kappa shape index (κ1) is 16.7. The van der Waals surface area contributed by atoms with E-state index in [2.05, 4.69) is 15.5 Å². The lowest BCUT2D eigenvalue weighted by molar-refractivity contribution is 0.0942. The lowest BCUT2D eigenvalue weighted by Crippen LogP contribution is -2.32. The van der Waals surface area contributed by atoms with Gasteiger partial charge in [0, 0.05) is 23.6 Å². The van der Waals surface area contributed by atoms with Crippen LogP contribution in [-0.2, 0) is 0 Å². The van der Waals surface area contributed by atoms with Crippen molar-refractivity contribution in [2.45, 2.75) is 31.6 Å². The van der Waals surface area contributed by atoms with Crippen LogP contribution >= 0.6 is 11.6 Å². The molecule has 1 amide bonds. The molecule has 1 saturated carbocycles. The van der Waals surface area contributed by atoms with Crippen LogP contribution in [-0.4, -0.2) is 22.6 Å². The Balaban J connectivity index is 1.71. The second-order valence-electron chi connectivity index (χ2n) is 6.22. The van der Waals surface area contributed by atoms with Crippen molar-refractivity contribution in [2.24, 2.45) is 5.92 Å². The number of halogens is 1. The van der Waals surface area contributed by atoms with E-state index in [0.29, 0.717) is 17.5 Å². The quantitative estimate of drug-likeness (QED) is 0.874. The number of H-pyrrole nitrogens is 1. The van der Waals surface area contributed by atoms with Crippen LogP contribution in [0.5, 0.6) is 0 Å². The zero-order valence-corrected chi connectivity index (χ0v) is 14.1. The van der Waals surface area contributed by atoms with Gasteiger partial charge in [-0.3, -0.25) is 9.59 Å². The standard InChI is InChI=1S/C18H20ClN3O2/c19-14-7-5-13(6-8-14)15(12-3-1-2-4-12)11-20-18(24)16-9-10-17(23)22-21-16/h5-10,12,15H,1-4,11H2,(H,20,24)(H,22,23). The first-order valence-corrected chi connectivity index (χ1v) is 8.60. The summed E-state index contributed by atoms with van der Waals surface area (Å²) in [6.45, 7) is 0.548. The third-order valence-electron chi connectivity index (χ3n) is 4.66. The number of aromatic nitrogens is 2. The number of amides is 1. The highest BCUT2D eigenvalue weighted by atomic mass is 35.5. The number of hydrogen-bond donors (Lipinski definition) is 2. The van der Waals surface area contributed by atoms with Crippen molar-refractivity contribution in [1.82, 2.24) is 15.5 Å². The molecule has 1 aliphatic rings. The number of hydrogen-bond acceptors (Lipinski definition) is 3. The smallest absolute Gasteiger partial charge is 0.271 e. The van der Waals surface area contributed by atoms with E-state index in [9.17, 15) is 9.59 Å². The van der Waals surface area contributed by atoms with Gasteiger partial charge in [0.15, 0.2) is 0 Å². The maximum absolute atomic E-state index is 12.2. The molecule has 0 radical (unpaired) electrons. The van der Waals surface area contributed by atoms with Gasteiger partial charge in [-0.25, -0.2) is 5.10 Å². The van der Waals surface area contributed by atoms with Crippen molar-refractivity contribution >= 4 is 17.5 Å². The van der Waals surface area contributed by atoms with Crippen LogP contribution in [0.1, 0.15) is 47.7 Å². The third-order valence-corrected chi connectivity index (χ3v) is 4.91. The molecule has 126 valence electrons. The van der Waals surface area contributed by atoms with Gasteiger partial charge in [-0.05, 0) is 42.5 Å². The van der Waals surface area contributed by atoms with Crippen LogP contribution < -0.4 is 10.9 Å². The van der Waals surface area contributed by atoms with E-state index in [0.717, 1.165) is 0 Å². The number of rotatable bonds is 5. The Morgan fingerprint density at radius 1 is 1.21 bits per heavy atom. The van der Waals surface area contributed by atoms with Crippen molar-refractivity contribution in [2.75, 3.05) is 6.54 Å². The van der Waals surface area contributed by atoms with Crippen molar-refractivity contribution < 1.29 is 4.79 Å². The van der Waals surface area contributed by atoms with Crippen molar-refractivity contribution in [3.8, 4) is 0 Å². The van der Waals surface area contributed by atoms with Crippen molar-refractivity contribution in [3.63, 3.8) is 0 Å². The Morgan fingerprint density at radius 3 is 2.54 bits per heavy atom. The van der Waals surface area contributed by atoms with Gasteiger partial charge in [0.25, 0.3) is 11.5 Å². The summed E-state index contributed by atoms with van der Waals surface area (Å²) in [5.41, 5.74) is 1.09. The highest BCUT2D eigenvalue weighted by Gasteiger charge is 2.27. The van der Waals surface area contributed by atoms with Crippen LogP contribution in [0.3, 0.4) is 0 Å². The second kappa shape index (κ2) is 7.62. The van der Waals surface area contributed by atoms with E-state index in [-0.39, 0.29) is 23.1 Å². The van der Waals surface area contributed by atoms with Crippen LogP contribution in [0.4, 0.5) is 0 Å². The highest BCUT2D eigenvalue weighted by Crippen LogP contribution is 2.37. The maximum atomic E-state index is 12.2. The van der Waals surface area contributed by atoms with E-state index in [1.54, 1.807) is 0 Å². The predicted molar refractivity (Wildman–Crippen MR) is 93.3 cm³/mol. The molecule has 2 N–H and O–H groups in total. The number of benzene rings is 1. The Hall–Kier alpha value is -2.14. The molecule has 1 fully saturated rings. The summed E-state index contributed by atoms with van der Waals surface area (Å²) in [4.78, 5) is 23.3. The summed E-state index contributed by atoms with van der Waals surface area (Å²) in [7, 11) is 0. The van der Waals surface area contributed by atoms with Gasteiger partial charge >= 0.3 is 0 Å². The molecular formula is C18H20ClN3O2. The van der Waals surface area contributed by atoms with Crippen molar-refractivity contribution in [1.29, 1.82) is 0 Å². The molecule has 1 unspecified atom stereocenters. The molecule has 6 heteroatoms. The Labute approximate surface area is 145 Å². The molecule has 0 spiro atoms. The van der Waals surface area contributed by atoms with Crippen LogP contribution in [0.25, 0.3) is 0 Å². The monoisotopic (exact) mass is 345 g/mol. The fraction of sp³-hybridized carbons (Fsp3) is 0.389. The molecule has 1 aromatic carbocycles. The summed E-state index contributed by atoms with van der Waals surface area (Å²) in [6, 6.07) is 10.6. The van der Waals surface area contributed by atoms with E-state index in [1.165, 1.54) is 43.4 Å². The lowest BCUT2D eigenvalue weighted by atomic mass is 9.85. The summed E-state index contributed by atoms with van der Waals surface area (Å²) in [5, 5.41) is 9.72. The fourth-order valence-corrected chi connectivity index (χ4v) is 3.52. The largest absolute Gasteiger partial charge is 0.350 e. The Kier molecular flexibility index (Phi) is 5.30. The van der Waals surface area contributed by atoms with Crippen LogP contribution in [0, 0.1) is 5.92 Å². The molecule has 0 saturated heterocycles. The van der Waals surface area contributed by atoms with Gasteiger partial charge < -0.3 is 5.32 Å². The van der Waals surface area contributed by atoms with Crippen LogP contribution in [0.2, 0.25) is 5.02 Å². The molecule has 5 nitrogen and oxygen atoms in total. The Bertz CT molecular complexity index is 731.